The maximum atomic E-state index is 12.0. The zero-order chi connectivity index (χ0) is 13.6. The van der Waals surface area contributed by atoms with Crippen molar-refractivity contribution in [2.75, 3.05) is 24.6 Å². The van der Waals surface area contributed by atoms with Gasteiger partial charge in [0.05, 0.1) is 17.5 Å². The minimum atomic E-state index is -3.05. The number of ether oxygens (including phenoxy) is 1. The molecule has 104 valence electrons. The summed E-state index contributed by atoms with van der Waals surface area (Å²) in [5.41, 5.74) is -0.561. The van der Waals surface area contributed by atoms with E-state index in [1.54, 1.807) is 25.7 Å². The highest BCUT2D eigenvalue weighted by Gasteiger charge is 2.45. The Bertz CT molecular complexity index is 440. The zero-order valence-corrected chi connectivity index (χ0v) is 11.8. The Morgan fingerprint density at radius 2 is 2.00 bits per heavy atom. The second-order valence-corrected chi connectivity index (χ2v) is 8.03. The van der Waals surface area contributed by atoms with E-state index >= 15 is 0 Å². The van der Waals surface area contributed by atoms with Crippen LogP contribution in [0.1, 0.15) is 20.8 Å². The average Bonchev–Trinajstić information content (AvgIpc) is 2.47. The highest BCUT2D eigenvalue weighted by atomic mass is 32.2. The van der Waals surface area contributed by atoms with Gasteiger partial charge < -0.3 is 15.0 Å². The molecule has 0 aromatic rings. The summed E-state index contributed by atoms with van der Waals surface area (Å²) >= 11 is 0. The number of fused-ring (bicyclic) bond motifs is 1. The topological polar surface area (TPSA) is 75.7 Å². The minimum absolute atomic E-state index is 0.0317. The highest BCUT2D eigenvalue weighted by molar-refractivity contribution is 7.91. The van der Waals surface area contributed by atoms with Crippen molar-refractivity contribution in [2.45, 2.75) is 38.5 Å². The molecule has 0 bridgehead atoms. The molecule has 0 saturated carbocycles. The number of piperazine rings is 1. The van der Waals surface area contributed by atoms with Crippen molar-refractivity contribution in [1.29, 1.82) is 0 Å². The fourth-order valence-electron chi connectivity index (χ4n) is 2.41. The first-order valence-electron chi connectivity index (χ1n) is 6.11. The fourth-order valence-corrected chi connectivity index (χ4v) is 4.37. The molecule has 2 aliphatic rings. The van der Waals surface area contributed by atoms with Crippen molar-refractivity contribution in [2.24, 2.45) is 0 Å². The van der Waals surface area contributed by atoms with E-state index in [4.69, 9.17) is 4.74 Å². The number of hydrogen-bond acceptors (Lipinski definition) is 5. The number of amides is 1. The molecule has 2 rings (SSSR count). The summed E-state index contributed by atoms with van der Waals surface area (Å²) in [6.45, 7) is 6.50. The molecule has 2 heterocycles. The van der Waals surface area contributed by atoms with Crippen molar-refractivity contribution >= 4 is 15.9 Å². The summed E-state index contributed by atoms with van der Waals surface area (Å²) in [5, 5.41) is 3.16. The summed E-state index contributed by atoms with van der Waals surface area (Å²) in [6, 6.07) is -0.449. The van der Waals surface area contributed by atoms with Crippen LogP contribution in [0, 0.1) is 0 Å². The molecule has 0 aromatic heterocycles. The van der Waals surface area contributed by atoms with Crippen LogP contribution in [0.3, 0.4) is 0 Å². The van der Waals surface area contributed by atoms with Gasteiger partial charge in [0, 0.05) is 19.1 Å². The molecule has 7 heteroatoms. The Morgan fingerprint density at radius 1 is 1.33 bits per heavy atom. The standard InChI is InChI=1S/C11H20N2O4S/c1-11(2,3)17-10(14)13-5-4-12-8-6-18(15,16)7-9(8)13/h8-9,12H,4-7H2,1-3H3/t8-,9+/m0/s1. The number of nitrogens with one attached hydrogen (secondary N) is 1. The fraction of sp³-hybridized carbons (Fsp3) is 0.909. The highest BCUT2D eigenvalue weighted by Crippen LogP contribution is 2.23. The predicted molar refractivity (Wildman–Crippen MR) is 67.2 cm³/mol. The lowest BCUT2D eigenvalue weighted by atomic mass is 10.1. The van der Waals surface area contributed by atoms with Gasteiger partial charge in [-0.15, -0.1) is 0 Å². The monoisotopic (exact) mass is 276 g/mol. The number of carbonyl (C=O) groups excluding carboxylic acids is 1. The van der Waals surface area contributed by atoms with Crippen LogP contribution in [0.25, 0.3) is 0 Å². The third-order valence-corrected chi connectivity index (χ3v) is 4.83. The van der Waals surface area contributed by atoms with E-state index in [-0.39, 0.29) is 23.6 Å². The first-order chi connectivity index (χ1) is 8.18. The van der Waals surface area contributed by atoms with Crippen LogP contribution in [-0.4, -0.2) is 61.7 Å². The summed E-state index contributed by atoms with van der Waals surface area (Å²) in [5.74, 6) is 0.140. The second-order valence-electron chi connectivity index (χ2n) is 5.88. The van der Waals surface area contributed by atoms with Crippen LogP contribution >= 0.6 is 0 Å². The lowest BCUT2D eigenvalue weighted by Gasteiger charge is -2.38. The quantitative estimate of drug-likeness (QED) is 0.673. The molecule has 0 aromatic carbocycles. The Balaban J connectivity index is 2.11. The summed E-state index contributed by atoms with van der Waals surface area (Å²) in [6.07, 6.45) is -0.420. The number of carbonyl (C=O) groups is 1. The van der Waals surface area contributed by atoms with E-state index in [0.717, 1.165) is 0 Å². The van der Waals surface area contributed by atoms with E-state index < -0.39 is 21.5 Å². The van der Waals surface area contributed by atoms with Crippen molar-refractivity contribution in [1.82, 2.24) is 10.2 Å². The molecule has 2 fully saturated rings. The molecule has 1 N–H and O–H groups in total. The molecule has 2 aliphatic heterocycles. The van der Waals surface area contributed by atoms with E-state index in [0.29, 0.717) is 13.1 Å². The first-order valence-corrected chi connectivity index (χ1v) is 7.93. The third-order valence-electron chi connectivity index (χ3n) is 3.11. The lowest BCUT2D eigenvalue weighted by molar-refractivity contribution is 0.0110. The van der Waals surface area contributed by atoms with Gasteiger partial charge in [0.2, 0.25) is 0 Å². The van der Waals surface area contributed by atoms with Crippen LogP contribution in [0.5, 0.6) is 0 Å². The van der Waals surface area contributed by atoms with Gasteiger partial charge in [-0.05, 0) is 20.8 Å². The van der Waals surface area contributed by atoms with Crippen LogP contribution < -0.4 is 5.32 Å². The maximum Gasteiger partial charge on any atom is 0.410 e. The predicted octanol–water partition coefficient (Wildman–Crippen LogP) is -0.00770. The van der Waals surface area contributed by atoms with Crippen LogP contribution in [0.4, 0.5) is 4.79 Å². The minimum Gasteiger partial charge on any atom is -0.444 e. The van der Waals surface area contributed by atoms with Gasteiger partial charge in [-0.3, -0.25) is 0 Å². The average molecular weight is 276 g/mol. The molecule has 0 spiro atoms. The first kappa shape index (κ1) is 13.6. The lowest BCUT2D eigenvalue weighted by Crippen LogP contribution is -2.59. The maximum absolute atomic E-state index is 12.0. The van der Waals surface area contributed by atoms with Gasteiger partial charge >= 0.3 is 6.09 Å². The van der Waals surface area contributed by atoms with E-state index in [9.17, 15) is 13.2 Å². The molecular weight excluding hydrogens is 256 g/mol. The molecule has 0 unspecified atom stereocenters. The third kappa shape index (κ3) is 2.95. The number of nitrogens with zero attached hydrogens (tertiary/aromatic N) is 1. The van der Waals surface area contributed by atoms with Gasteiger partial charge in [-0.25, -0.2) is 13.2 Å². The van der Waals surface area contributed by atoms with E-state index in [2.05, 4.69) is 5.32 Å². The van der Waals surface area contributed by atoms with Gasteiger partial charge in [-0.1, -0.05) is 0 Å². The van der Waals surface area contributed by atoms with Crippen molar-refractivity contribution in [3.8, 4) is 0 Å². The van der Waals surface area contributed by atoms with E-state index in [1.165, 1.54) is 0 Å². The molecule has 1 amide bonds. The van der Waals surface area contributed by atoms with Gasteiger partial charge in [0.1, 0.15) is 5.60 Å². The van der Waals surface area contributed by atoms with Crippen molar-refractivity contribution < 1.29 is 17.9 Å². The van der Waals surface area contributed by atoms with Crippen LogP contribution in [0.15, 0.2) is 0 Å². The summed E-state index contributed by atoms with van der Waals surface area (Å²) < 4.78 is 28.6. The molecular formula is C11H20N2O4S. The second kappa shape index (κ2) is 4.38. The molecule has 2 saturated heterocycles. The van der Waals surface area contributed by atoms with Crippen LogP contribution in [-0.2, 0) is 14.6 Å². The number of hydrogen-bond donors (Lipinski definition) is 1. The zero-order valence-electron chi connectivity index (χ0n) is 11.0. The van der Waals surface area contributed by atoms with Gasteiger partial charge in [-0.2, -0.15) is 0 Å². The normalized spacial score (nSPS) is 30.9. The molecule has 0 radical (unpaired) electrons. The Morgan fingerprint density at radius 3 is 2.61 bits per heavy atom. The molecule has 18 heavy (non-hydrogen) atoms. The largest absolute Gasteiger partial charge is 0.444 e. The SMILES string of the molecule is CC(C)(C)OC(=O)N1CCN[C@H]2CS(=O)(=O)C[C@H]21. The molecule has 6 nitrogen and oxygen atoms in total. The van der Waals surface area contributed by atoms with Crippen LogP contribution in [0.2, 0.25) is 0 Å². The number of rotatable bonds is 0. The Hall–Kier alpha value is -0.820. The van der Waals surface area contributed by atoms with Gasteiger partial charge in [0.15, 0.2) is 9.84 Å². The number of sulfone groups is 1. The Kier molecular flexibility index (Phi) is 3.31. The summed E-state index contributed by atoms with van der Waals surface area (Å²) in [7, 11) is -3.05. The Labute approximate surface area is 108 Å². The van der Waals surface area contributed by atoms with Gasteiger partial charge in [0.25, 0.3) is 0 Å². The molecule has 2 atom stereocenters. The molecule has 0 aliphatic carbocycles. The smallest absolute Gasteiger partial charge is 0.410 e. The van der Waals surface area contributed by atoms with Crippen molar-refractivity contribution in [3.05, 3.63) is 0 Å². The summed E-state index contributed by atoms with van der Waals surface area (Å²) in [4.78, 5) is 13.6. The van der Waals surface area contributed by atoms with E-state index in [1.807, 2.05) is 0 Å². The van der Waals surface area contributed by atoms with Crippen molar-refractivity contribution in [3.63, 3.8) is 0 Å².